The SMILES string of the molecule is CN1/C(=C/C=C/C=C2\SC(=S)N(CC=O)C2=O)C(C)(C)c2ccccc21. The van der Waals surface area contributed by atoms with Gasteiger partial charge in [0.05, 0.1) is 11.4 Å². The Labute approximate surface area is 163 Å². The molecule has 0 bridgehead atoms. The molecule has 6 heteroatoms. The molecule has 2 aliphatic heterocycles. The van der Waals surface area contributed by atoms with E-state index in [2.05, 4.69) is 50.1 Å². The largest absolute Gasteiger partial charge is 0.347 e. The number of allylic oxidation sites excluding steroid dienone is 5. The quantitative estimate of drug-likeness (QED) is 0.449. The number of rotatable bonds is 4. The number of thiocarbonyl (C=S) groups is 1. The fourth-order valence-corrected chi connectivity index (χ4v) is 4.56. The minimum Gasteiger partial charge on any atom is -0.347 e. The van der Waals surface area contributed by atoms with Crippen molar-refractivity contribution in [3.8, 4) is 0 Å². The number of hydrogen-bond donors (Lipinski definition) is 0. The smallest absolute Gasteiger partial charge is 0.266 e. The summed E-state index contributed by atoms with van der Waals surface area (Å²) in [6.45, 7) is 4.42. The molecule has 26 heavy (non-hydrogen) atoms. The van der Waals surface area contributed by atoms with Crippen LogP contribution in [-0.4, -0.2) is 35.0 Å². The number of hydrogen-bond acceptors (Lipinski definition) is 5. The van der Waals surface area contributed by atoms with E-state index in [1.54, 1.807) is 6.08 Å². The van der Waals surface area contributed by atoms with Crippen molar-refractivity contribution in [3.63, 3.8) is 0 Å². The average Bonchev–Trinajstić information content (AvgIpc) is 2.99. The number of fused-ring (bicyclic) bond motifs is 1. The van der Waals surface area contributed by atoms with Crippen molar-refractivity contribution in [3.05, 3.63) is 64.7 Å². The summed E-state index contributed by atoms with van der Waals surface area (Å²) < 4.78 is 0.423. The van der Waals surface area contributed by atoms with E-state index in [0.717, 1.165) is 0 Å². The van der Waals surface area contributed by atoms with Crippen molar-refractivity contribution < 1.29 is 9.59 Å². The number of benzene rings is 1. The van der Waals surface area contributed by atoms with Gasteiger partial charge in [-0.15, -0.1) is 0 Å². The van der Waals surface area contributed by atoms with Gasteiger partial charge in [0.25, 0.3) is 5.91 Å². The Kier molecular flexibility index (Phi) is 5.16. The summed E-state index contributed by atoms with van der Waals surface area (Å²) >= 11 is 6.36. The van der Waals surface area contributed by atoms with Crippen molar-refractivity contribution in [2.75, 3.05) is 18.5 Å². The molecule has 0 radical (unpaired) electrons. The minimum atomic E-state index is -0.213. The molecule has 0 N–H and O–H groups in total. The Bertz CT molecular complexity index is 868. The van der Waals surface area contributed by atoms with Crippen LogP contribution in [0.1, 0.15) is 19.4 Å². The number of likely N-dealkylation sites (N-methyl/N-ethyl adjacent to an activating group) is 1. The van der Waals surface area contributed by atoms with Gasteiger partial charge in [0.1, 0.15) is 10.6 Å². The van der Waals surface area contributed by atoms with Gasteiger partial charge in [0, 0.05) is 23.8 Å². The maximum absolute atomic E-state index is 12.2. The Morgan fingerprint density at radius 1 is 1.19 bits per heavy atom. The van der Waals surface area contributed by atoms with Crippen LogP contribution in [-0.2, 0) is 15.0 Å². The van der Waals surface area contributed by atoms with Crippen LogP contribution in [0.4, 0.5) is 5.69 Å². The van der Waals surface area contributed by atoms with Crippen LogP contribution < -0.4 is 4.90 Å². The number of para-hydroxylation sites is 1. The van der Waals surface area contributed by atoms with E-state index >= 15 is 0 Å². The lowest BCUT2D eigenvalue weighted by Crippen LogP contribution is -2.29. The van der Waals surface area contributed by atoms with E-state index in [-0.39, 0.29) is 17.9 Å². The summed E-state index contributed by atoms with van der Waals surface area (Å²) in [6, 6.07) is 8.40. The lowest BCUT2D eigenvalue weighted by Gasteiger charge is -2.23. The van der Waals surface area contributed by atoms with Gasteiger partial charge in [-0.1, -0.05) is 68.2 Å². The number of carbonyl (C=O) groups excluding carboxylic acids is 2. The average molecular weight is 385 g/mol. The number of amides is 1. The van der Waals surface area contributed by atoms with Gasteiger partial charge in [-0.3, -0.25) is 9.69 Å². The normalized spacial score (nSPS) is 22.1. The third-order valence-electron chi connectivity index (χ3n) is 4.68. The molecule has 0 aliphatic carbocycles. The van der Waals surface area contributed by atoms with Crippen LogP contribution in [0, 0.1) is 0 Å². The molecule has 1 amide bonds. The van der Waals surface area contributed by atoms with Crippen LogP contribution in [0.3, 0.4) is 0 Å². The molecule has 0 spiro atoms. The molecule has 0 atom stereocenters. The van der Waals surface area contributed by atoms with Crippen LogP contribution in [0.25, 0.3) is 0 Å². The maximum atomic E-state index is 12.2. The predicted molar refractivity (Wildman–Crippen MR) is 111 cm³/mol. The van der Waals surface area contributed by atoms with E-state index in [1.165, 1.54) is 33.6 Å². The lowest BCUT2D eigenvalue weighted by atomic mass is 9.84. The molecule has 2 aliphatic rings. The molecular formula is C20H20N2O2S2. The highest BCUT2D eigenvalue weighted by atomic mass is 32.2. The Balaban J connectivity index is 1.80. The molecular weight excluding hydrogens is 364 g/mol. The highest BCUT2D eigenvalue weighted by Gasteiger charge is 2.37. The van der Waals surface area contributed by atoms with Crippen molar-refractivity contribution >= 4 is 46.2 Å². The second-order valence-corrected chi connectivity index (χ2v) is 8.30. The molecule has 134 valence electrons. The van der Waals surface area contributed by atoms with Gasteiger partial charge in [0.2, 0.25) is 0 Å². The van der Waals surface area contributed by atoms with E-state index in [1.807, 2.05) is 18.2 Å². The van der Waals surface area contributed by atoms with Gasteiger partial charge < -0.3 is 9.69 Å². The lowest BCUT2D eigenvalue weighted by molar-refractivity contribution is -0.124. The van der Waals surface area contributed by atoms with Crippen molar-refractivity contribution in [2.45, 2.75) is 19.3 Å². The molecule has 0 aromatic heterocycles. The standard InChI is InChI=1S/C20H20N2O2S2/c1-20(2)14-8-4-5-9-15(14)21(3)17(20)11-7-6-10-16-18(24)22(12-13-23)19(25)26-16/h4-11,13H,12H2,1-3H3/b7-6+,16-10-,17-11+. The molecule has 1 aromatic carbocycles. The van der Waals surface area contributed by atoms with E-state index in [4.69, 9.17) is 12.2 Å². The molecule has 4 nitrogen and oxygen atoms in total. The van der Waals surface area contributed by atoms with E-state index in [9.17, 15) is 9.59 Å². The van der Waals surface area contributed by atoms with Gasteiger partial charge in [-0.25, -0.2) is 0 Å². The zero-order valence-corrected chi connectivity index (χ0v) is 16.6. The zero-order valence-electron chi connectivity index (χ0n) is 14.9. The highest BCUT2D eigenvalue weighted by molar-refractivity contribution is 8.26. The Hall–Kier alpha value is -2.18. The van der Waals surface area contributed by atoms with Crippen LogP contribution in [0.15, 0.2) is 59.2 Å². The summed E-state index contributed by atoms with van der Waals surface area (Å²) in [6.07, 6.45) is 8.28. The van der Waals surface area contributed by atoms with Crippen LogP contribution >= 0.6 is 24.0 Å². The Morgan fingerprint density at radius 2 is 1.88 bits per heavy atom. The fourth-order valence-electron chi connectivity index (χ4n) is 3.34. The zero-order chi connectivity index (χ0) is 18.9. The second kappa shape index (κ2) is 7.21. The summed E-state index contributed by atoms with van der Waals surface area (Å²) in [4.78, 5) is 26.9. The summed E-state index contributed by atoms with van der Waals surface area (Å²) in [5.41, 5.74) is 3.63. The molecule has 1 fully saturated rings. The molecule has 1 aromatic rings. The first-order valence-electron chi connectivity index (χ1n) is 8.27. The van der Waals surface area contributed by atoms with E-state index in [0.29, 0.717) is 15.5 Å². The van der Waals surface area contributed by atoms with Gasteiger partial charge in [-0.2, -0.15) is 0 Å². The maximum Gasteiger partial charge on any atom is 0.266 e. The van der Waals surface area contributed by atoms with Gasteiger partial charge in [-0.05, 0) is 23.8 Å². The first-order chi connectivity index (χ1) is 12.4. The molecule has 3 rings (SSSR count). The predicted octanol–water partition coefficient (Wildman–Crippen LogP) is 3.80. The van der Waals surface area contributed by atoms with Crippen molar-refractivity contribution in [1.82, 2.24) is 4.90 Å². The first kappa shape index (κ1) is 18.6. The summed E-state index contributed by atoms with van der Waals surface area (Å²) in [7, 11) is 2.07. The summed E-state index contributed by atoms with van der Waals surface area (Å²) in [5.74, 6) is -0.213. The Morgan fingerprint density at radius 3 is 2.58 bits per heavy atom. The second-order valence-electron chi connectivity index (χ2n) is 6.62. The van der Waals surface area contributed by atoms with Crippen LogP contribution in [0.5, 0.6) is 0 Å². The number of aldehydes is 1. The van der Waals surface area contributed by atoms with Crippen molar-refractivity contribution in [1.29, 1.82) is 0 Å². The topological polar surface area (TPSA) is 40.6 Å². The number of carbonyl (C=O) groups is 2. The molecule has 1 saturated heterocycles. The van der Waals surface area contributed by atoms with Gasteiger partial charge in [0.15, 0.2) is 0 Å². The highest BCUT2D eigenvalue weighted by Crippen LogP contribution is 2.46. The molecule has 0 saturated carbocycles. The number of anilines is 1. The van der Waals surface area contributed by atoms with E-state index < -0.39 is 0 Å². The third kappa shape index (κ3) is 3.15. The van der Waals surface area contributed by atoms with Crippen molar-refractivity contribution in [2.24, 2.45) is 0 Å². The number of thioether (sulfide) groups is 1. The number of nitrogens with zero attached hydrogens (tertiary/aromatic N) is 2. The first-order valence-corrected chi connectivity index (χ1v) is 9.50. The fraction of sp³-hybridized carbons (Fsp3) is 0.250. The monoisotopic (exact) mass is 384 g/mol. The summed E-state index contributed by atoms with van der Waals surface area (Å²) in [5, 5.41) is 0. The molecule has 2 heterocycles. The van der Waals surface area contributed by atoms with Crippen LogP contribution in [0.2, 0.25) is 0 Å². The third-order valence-corrected chi connectivity index (χ3v) is 6.08. The minimum absolute atomic E-state index is 0.00696. The molecule has 0 unspecified atom stereocenters. The van der Waals surface area contributed by atoms with Gasteiger partial charge >= 0.3 is 0 Å².